The molecule has 0 bridgehead atoms. The second-order valence-electron chi connectivity index (χ2n) is 5.93. The highest BCUT2D eigenvalue weighted by Crippen LogP contribution is 2.38. The molecule has 0 radical (unpaired) electrons. The third-order valence-corrected chi connectivity index (χ3v) is 4.87. The number of hydrogen-bond donors (Lipinski definition) is 1. The lowest BCUT2D eigenvalue weighted by molar-refractivity contribution is -0.0991. The molecule has 1 N–H and O–H groups in total. The zero-order chi connectivity index (χ0) is 14.0. The Labute approximate surface area is 121 Å². The Morgan fingerprint density at radius 1 is 1.47 bits per heavy atom. The van der Waals surface area contributed by atoms with Crippen LogP contribution < -0.4 is 0 Å². The van der Waals surface area contributed by atoms with Gasteiger partial charge in [0, 0.05) is 24.5 Å². The molecule has 2 heterocycles. The topological polar surface area (TPSA) is 29.9 Å². The maximum Gasteiger partial charge on any atom is 0.177 e. The Hall–Kier alpha value is -0.610. The van der Waals surface area contributed by atoms with Crippen LogP contribution in [0.25, 0.3) is 0 Å². The minimum atomic E-state index is 0.0449. The summed E-state index contributed by atoms with van der Waals surface area (Å²) in [5.41, 5.74) is 1.36. The number of nitrogens with zero attached hydrogens (tertiary/aromatic N) is 1. The van der Waals surface area contributed by atoms with Gasteiger partial charge in [0.1, 0.15) is 0 Å². The van der Waals surface area contributed by atoms with E-state index in [0.29, 0.717) is 12.0 Å². The van der Waals surface area contributed by atoms with Crippen molar-refractivity contribution in [2.75, 3.05) is 6.61 Å². The lowest BCUT2D eigenvalue weighted by Crippen LogP contribution is -2.39. The standard InChI is InChI=1S/C15H26N2OS/c1-5-15(6-2)9-12(7-8-18-15)17-13(11(3)4)10-16-14(17)19/h10-12H,5-9H2,1-4H3,(H,16,19). The molecule has 1 aromatic rings. The second-order valence-corrected chi connectivity index (χ2v) is 6.32. The number of rotatable bonds is 4. The van der Waals surface area contributed by atoms with Gasteiger partial charge in [-0.1, -0.05) is 27.7 Å². The average molecular weight is 282 g/mol. The van der Waals surface area contributed by atoms with Gasteiger partial charge >= 0.3 is 0 Å². The van der Waals surface area contributed by atoms with E-state index in [1.54, 1.807) is 0 Å². The highest BCUT2D eigenvalue weighted by molar-refractivity contribution is 7.71. The van der Waals surface area contributed by atoms with Crippen LogP contribution in [0.4, 0.5) is 0 Å². The van der Waals surface area contributed by atoms with E-state index in [4.69, 9.17) is 17.0 Å². The zero-order valence-corrected chi connectivity index (χ0v) is 13.3. The number of nitrogens with one attached hydrogen (secondary N) is 1. The highest BCUT2D eigenvalue weighted by atomic mass is 32.1. The van der Waals surface area contributed by atoms with Crippen molar-refractivity contribution in [1.29, 1.82) is 0 Å². The number of imidazole rings is 1. The quantitative estimate of drug-likeness (QED) is 0.819. The fourth-order valence-electron chi connectivity index (χ4n) is 3.18. The van der Waals surface area contributed by atoms with Gasteiger partial charge in [0.2, 0.25) is 0 Å². The molecule has 0 aromatic carbocycles. The lowest BCUT2D eigenvalue weighted by atomic mass is 9.85. The molecule has 1 fully saturated rings. The average Bonchev–Trinajstić information content (AvgIpc) is 2.81. The van der Waals surface area contributed by atoms with Gasteiger partial charge < -0.3 is 14.3 Å². The summed E-state index contributed by atoms with van der Waals surface area (Å²) in [6.45, 7) is 9.75. The van der Waals surface area contributed by atoms with Crippen molar-refractivity contribution >= 4 is 12.2 Å². The molecule has 4 heteroatoms. The smallest absolute Gasteiger partial charge is 0.177 e. The molecule has 1 aromatic heterocycles. The molecule has 0 saturated carbocycles. The maximum atomic E-state index is 6.07. The molecule has 108 valence electrons. The molecule has 1 unspecified atom stereocenters. The van der Waals surface area contributed by atoms with E-state index < -0.39 is 0 Å². The van der Waals surface area contributed by atoms with Crippen molar-refractivity contribution in [1.82, 2.24) is 9.55 Å². The lowest BCUT2D eigenvalue weighted by Gasteiger charge is -2.41. The van der Waals surface area contributed by atoms with Crippen molar-refractivity contribution in [3.63, 3.8) is 0 Å². The first-order chi connectivity index (χ1) is 9.03. The summed E-state index contributed by atoms with van der Waals surface area (Å²) in [6.07, 6.45) is 6.37. The van der Waals surface area contributed by atoms with Crippen LogP contribution in [0.3, 0.4) is 0 Å². The van der Waals surface area contributed by atoms with E-state index >= 15 is 0 Å². The first kappa shape index (κ1) is 14.8. The molecule has 0 aliphatic carbocycles. The minimum absolute atomic E-state index is 0.0449. The molecular formula is C15H26N2OS. The first-order valence-corrected chi connectivity index (χ1v) is 7.87. The van der Waals surface area contributed by atoms with Crippen molar-refractivity contribution < 1.29 is 4.74 Å². The third kappa shape index (κ3) is 2.79. The second kappa shape index (κ2) is 5.80. The van der Waals surface area contributed by atoms with Crippen LogP contribution in [0.2, 0.25) is 0 Å². The molecular weight excluding hydrogens is 256 g/mol. The van der Waals surface area contributed by atoms with Gasteiger partial charge in [-0.2, -0.15) is 0 Å². The number of aromatic amines is 1. The zero-order valence-electron chi connectivity index (χ0n) is 12.5. The molecule has 1 aliphatic rings. The van der Waals surface area contributed by atoms with E-state index in [2.05, 4.69) is 43.4 Å². The Bertz CT molecular complexity index is 471. The van der Waals surface area contributed by atoms with Crippen LogP contribution in [0.1, 0.15) is 71.0 Å². The van der Waals surface area contributed by atoms with Crippen LogP contribution in [0, 0.1) is 4.77 Å². The van der Waals surface area contributed by atoms with Crippen molar-refractivity contribution in [2.45, 2.75) is 70.9 Å². The number of hydrogen-bond acceptors (Lipinski definition) is 2. The van der Waals surface area contributed by atoms with E-state index in [-0.39, 0.29) is 5.60 Å². The summed E-state index contributed by atoms with van der Waals surface area (Å²) >= 11 is 5.49. The minimum Gasteiger partial charge on any atom is -0.375 e. The van der Waals surface area contributed by atoms with Crippen LogP contribution in [0.15, 0.2) is 6.20 Å². The van der Waals surface area contributed by atoms with Gasteiger partial charge in [0.25, 0.3) is 0 Å². The van der Waals surface area contributed by atoms with Crippen molar-refractivity contribution in [3.05, 3.63) is 16.7 Å². The van der Waals surface area contributed by atoms with Gasteiger partial charge in [-0.15, -0.1) is 0 Å². The molecule has 1 saturated heterocycles. The SMILES string of the molecule is CCC1(CC)CC(n2c(C(C)C)c[nH]c2=S)CCO1. The normalized spacial score (nSPS) is 22.9. The third-order valence-electron chi connectivity index (χ3n) is 4.55. The highest BCUT2D eigenvalue weighted by Gasteiger charge is 2.36. The van der Waals surface area contributed by atoms with Crippen LogP contribution >= 0.6 is 12.2 Å². The first-order valence-electron chi connectivity index (χ1n) is 7.46. The molecule has 1 atom stereocenters. The molecule has 3 nitrogen and oxygen atoms in total. The fourth-order valence-corrected chi connectivity index (χ4v) is 3.49. The number of H-pyrrole nitrogens is 1. The number of ether oxygens (including phenoxy) is 1. The van der Waals surface area contributed by atoms with Gasteiger partial charge in [-0.05, 0) is 43.8 Å². The van der Waals surface area contributed by atoms with E-state index in [0.717, 1.165) is 37.1 Å². The molecule has 19 heavy (non-hydrogen) atoms. The Balaban J connectivity index is 2.32. The van der Waals surface area contributed by atoms with E-state index in [1.807, 2.05) is 0 Å². The number of aromatic nitrogens is 2. The summed E-state index contributed by atoms with van der Waals surface area (Å²) in [5, 5.41) is 0. The van der Waals surface area contributed by atoms with Gasteiger partial charge in [0.05, 0.1) is 5.60 Å². The van der Waals surface area contributed by atoms with Crippen LogP contribution in [0.5, 0.6) is 0 Å². The summed E-state index contributed by atoms with van der Waals surface area (Å²) in [6, 6.07) is 0.477. The monoisotopic (exact) mass is 282 g/mol. The summed E-state index contributed by atoms with van der Waals surface area (Å²) in [5.74, 6) is 0.494. The van der Waals surface area contributed by atoms with E-state index in [1.165, 1.54) is 5.69 Å². The predicted octanol–water partition coefficient (Wildman–Crippen LogP) is 4.58. The van der Waals surface area contributed by atoms with Crippen molar-refractivity contribution in [3.8, 4) is 0 Å². The van der Waals surface area contributed by atoms with Crippen LogP contribution in [-0.4, -0.2) is 21.8 Å². The molecule has 0 spiro atoms. The van der Waals surface area contributed by atoms with Gasteiger partial charge in [-0.25, -0.2) is 0 Å². The van der Waals surface area contributed by atoms with Crippen molar-refractivity contribution in [2.24, 2.45) is 0 Å². The summed E-state index contributed by atoms with van der Waals surface area (Å²) in [4.78, 5) is 3.22. The van der Waals surface area contributed by atoms with Crippen LogP contribution in [-0.2, 0) is 4.74 Å². The Morgan fingerprint density at radius 3 is 2.74 bits per heavy atom. The Morgan fingerprint density at radius 2 is 2.16 bits per heavy atom. The molecule has 1 aliphatic heterocycles. The summed E-state index contributed by atoms with van der Waals surface area (Å²) < 4.78 is 9.27. The molecule has 2 rings (SSSR count). The van der Waals surface area contributed by atoms with E-state index in [9.17, 15) is 0 Å². The maximum absolute atomic E-state index is 6.07. The van der Waals surface area contributed by atoms with Gasteiger partial charge in [0.15, 0.2) is 4.77 Å². The summed E-state index contributed by atoms with van der Waals surface area (Å²) in [7, 11) is 0. The fraction of sp³-hybridized carbons (Fsp3) is 0.800. The van der Waals surface area contributed by atoms with Gasteiger partial charge in [-0.3, -0.25) is 0 Å². The largest absolute Gasteiger partial charge is 0.375 e. The predicted molar refractivity (Wildman–Crippen MR) is 81.2 cm³/mol. The Kier molecular flexibility index (Phi) is 4.51. The molecule has 0 amide bonds.